The second-order valence-corrected chi connectivity index (χ2v) is 9.61. The molecule has 144 valence electrons. The van der Waals surface area contributed by atoms with Crippen LogP contribution >= 0.6 is 12.4 Å². The highest BCUT2D eigenvalue weighted by Gasteiger charge is 2.28. The van der Waals surface area contributed by atoms with Crippen molar-refractivity contribution in [3.05, 3.63) is 23.8 Å². The molecule has 0 spiro atoms. The highest BCUT2D eigenvalue weighted by molar-refractivity contribution is 7.90. The minimum absolute atomic E-state index is 0. The summed E-state index contributed by atoms with van der Waals surface area (Å²) in [7, 11) is -7.43. The van der Waals surface area contributed by atoms with E-state index in [9.17, 15) is 16.8 Å². The second kappa shape index (κ2) is 9.29. The SMILES string of the molecule is Cc1ccc(S(=O)(=O)N2CCCCC2)cc1S(=O)(=O)NCCCN.Cl. The fraction of sp³-hybridized carbons (Fsp3) is 0.600. The summed E-state index contributed by atoms with van der Waals surface area (Å²) in [5.74, 6) is 0. The Labute approximate surface area is 156 Å². The molecule has 25 heavy (non-hydrogen) atoms. The molecule has 1 aliphatic rings. The average Bonchev–Trinajstić information content (AvgIpc) is 2.56. The monoisotopic (exact) mass is 411 g/mol. The van der Waals surface area contributed by atoms with Gasteiger partial charge in [-0.15, -0.1) is 12.4 Å². The number of piperidine rings is 1. The summed E-state index contributed by atoms with van der Waals surface area (Å²) in [5.41, 5.74) is 5.88. The van der Waals surface area contributed by atoms with Crippen LogP contribution in [-0.4, -0.2) is 47.3 Å². The quantitative estimate of drug-likeness (QED) is 0.655. The predicted octanol–water partition coefficient (Wildman–Crippen LogP) is 1.22. The van der Waals surface area contributed by atoms with Gasteiger partial charge in [0.05, 0.1) is 9.79 Å². The molecule has 3 N–H and O–H groups in total. The molecule has 1 saturated heterocycles. The van der Waals surface area contributed by atoms with Crippen LogP contribution in [0.5, 0.6) is 0 Å². The lowest BCUT2D eigenvalue weighted by atomic mass is 10.2. The van der Waals surface area contributed by atoms with Crippen LogP contribution in [0.2, 0.25) is 0 Å². The van der Waals surface area contributed by atoms with Gasteiger partial charge >= 0.3 is 0 Å². The van der Waals surface area contributed by atoms with Crippen molar-refractivity contribution in [2.24, 2.45) is 5.73 Å². The number of hydrogen-bond donors (Lipinski definition) is 2. The minimum Gasteiger partial charge on any atom is -0.330 e. The van der Waals surface area contributed by atoms with E-state index >= 15 is 0 Å². The maximum Gasteiger partial charge on any atom is 0.243 e. The molecule has 0 aliphatic carbocycles. The Morgan fingerprint density at radius 3 is 2.36 bits per heavy atom. The molecule has 0 aromatic heterocycles. The van der Waals surface area contributed by atoms with Crippen molar-refractivity contribution in [2.75, 3.05) is 26.2 Å². The molecule has 1 aromatic rings. The van der Waals surface area contributed by atoms with Gasteiger partial charge in [-0.2, -0.15) is 4.31 Å². The number of aryl methyl sites for hydroxylation is 1. The molecule has 10 heteroatoms. The fourth-order valence-electron chi connectivity index (χ4n) is 2.67. The Balaban J connectivity index is 0.00000312. The van der Waals surface area contributed by atoms with Gasteiger partial charge < -0.3 is 5.73 Å². The molecule has 1 aliphatic heterocycles. The largest absolute Gasteiger partial charge is 0.330 e. The molecule has 0 atom stereocenters. The summed E-state index contributed by atoms with van der Waals surface area (Å²) < 4.78 is 54.2. The fourth-order valence-corrected chi connectivity index (χ4v) is 5.63. The first-order chi connectivity index (χ1) is 11.3. The third kappa shape index (κ3) is 5.38. The van der Waals surface area contributed by atoms with Crippen molar-refractivity contribution in [2.45, 2.75) is 42.4 Å². The normalized spacial score (nSPS) is 16.4. The highest BCUT2D eigenvalue weighted by Crippen LogP contribution is 2.24. The molecule has 0 saturated carbocycles. The molecule has 2 rings (SSSR count). The minimum atomic E-state index is -3.77. The van der Waals surface area contributed by atoms with Crippen molar-refractivity contribution >= 4 is 32.5 Å². The van der Waals surface area contributed by atoms with E-state index < -0.39 is 20.0 Å². The van der Waals surface area contributed by atoms with Crippen molar-refractivity contribution in [3.8, 4) is 0 Å². The zero-order chi connectivity index (χ0) is 17.8. The summed E-state index contributed by atoms with van der Waals surface area (Å²) in [6.07, 6.45) is 3.20. The van der Waals surface area contributed by atoms with Gasteiger partial charge in [-0.05, 0) is 50.4 Å². The zero-order valence-electron chi connectivity index (χ0n) is 14.3. The molecule has 0 amide bonds. The summed E-state index contributed by atoms with van der Waals surface area (Å²) >= 11 is 0. The maximum absolute atomic E-state index is 12.7. The first kappa shape index (κ1) is 22.3. The zero-order valence-corrected chi connectivity index (χ0v) is 16.7. The predicted molar refractivity (Wildman–Crippen MR) is 99.9 cm³/mol. The van der Waals surface area contributed by atoms with Gasteiger partial charge in [-0.1, -0.05) is 12.5 Å². The van der Waals surface area contributed by atoms with E-state index in [1.165, 1.54) is 22.5 Å². The number of nitrogens with zero attached hydrogens (tertiary/aromatic N) is 1. The number of hydrogen-bond acceptors (Lipinski definition) is 5. The molecule has 0 bridgehead atoms. The summed E-state index contributed by atoms with van der Waals surface area (Å²) in [5, 5.41) is 0. The Kier molecular flexibility index (Phi) is 8.30. The van der Waals surface area contributed by atoms with E-state index in [1.54, 1.807) is 6.92 Å². The van der Waals surface area contributed by atoms with Crippen LogP contribution in [0.25, 0.3) is 0 Å². The molecular formula is C15H26ClN3O4S2. The van der Waals surface area contributed by atoms with Crippen molar-refractivity contribution in [1.29, 1.82) is 0 Å². The van der Waals surface area contributed by atoms with Crippen LogP contribution in [0, 0.1) is 6.92 Å². The van der Waals surface area contributed by atoms with Gasteiger partial charge in [0.2, 0.25) is 20.0 Å². The lowest BCUT2D eigenvalue weighted by molar-refractivity contribution is 0.346. The molecule has 0 radical (unpaired) electrons. The van der Waals surface area contributed by atoms with E-state index in [4.69, 9.17) is 5.73 Å². The average molecular weight is 412 g/mol. The number of nitrogens with one attached hydrogen (secondary N) is 1. The van der Waals surface area contributed by atoms with E-state index in [0.717, 1.165) is 19.3 Å². The smallest absolute Gasteiger partial charge is 0.243 e. The van der Waals surface area contributed by atoms with Gasteiger partial charge in [-0.3, -0.25) is 0 Å². The summed E-state index contributed by atoms with van der Waals surface area (Å²) in [4.78, 5) is 0.0202. The van der Waals surface area contributed by atoms with Gasteiger partial charge in [0.25, 0.3) is 0 Å². The molecule has 7 nitrogen and oxygen atoms in total. The van der Waals surface area contributed by atoms with Crippen molar-refractivity contribution in [1.82, 2.24) is 9.03 Å². The second-order valence-electron chi connectivity index (χ2n) is 5.93. The van der Waals surface area contributed by atoms with Crippen LogP contribution in [-0.2, 0) is 20.0 Å². The molecule has 1 aromatic carbocycles. The lowest BCUT2D eigenvalue weighted by Gasteiger charge is -2.26. The number of benzene rings is 1. The van der Waals surface area contributed by atoms with Crippen molar-refractivity contribution in [3.63, 3.8) is 0 Å². The Hall–Kier alpha value is -0.710. The highest BCUT2D eigenvalue weighted by atomic mass is 35.5. The standard InChI is InChI=1S/C15H25N3O4S2.ClH/c1-13-6-7-14(24(21,22)18-10-3-2-4-11-18)12-15(13)23(19,20)17-9-5-8-16;/h6-7,12,17H,2-5,8-11,16H2,1H3;1H. The van der Waals surface area contributed by atoms with Crippen molar-refractivity contribution < 1.29 is 16.8 Å². The number of nitrogens with two attached hydrogens (primary N) is 1. The molecule has 1 fully saturated rings. The third-order valence-electron chi connectivity index (χ3n) is 4.07. The van der Waals surface area contributed by atoms with Crippen LogP contribution in [0.3, 0.4) is 0 Å². The third-order valence-corrected chi connectivity index (χ3v) is 7.57. The first-order valence-corrected chi connectivity index (χ1v) is 11.0. The lowest BCUT2D eigenvalue weighted by Crippen LogP contribution is -2.35. The van der Waals surface area contributed by atoms with Gasteiger partial charge in [0, 0.05) is 19.6 Å². The summed E-state index contributed by atoms with van der Waals surface area (Å²) in [6, 6.07) is 4.26. The Morgan fingerprint density at radius 2 is 1.76 bits per heavy atom. The van der Waals surface area contributed by atoms with Crippen LogP contribution in [0.1, 0.15) is 31.2 Å². The van der Waals surface area contributed by atoms with Crippen LogP contribution < -0.4 is 10.5 Å². The van der Waals surface area contributed by atoms with Crippen LogP contribution in [0.4, 0.5) is 0 Å². The Bertz CT molecular complexity index is 776. The number of halogens is 1. The van der Waals surface area contributed by atoms with Crippen LogP contribution in [0.15, 0.2) is 28.0 Å². The van der Waals surface area contributed by atoms with Gasteiger partial charge in [-0.25, -0.2) is 21.6 Å². The number of sulfonamides is 2. The summed E-state index contributed by atoms with van der Waals surface area (Å²) in [6.45, 7) is 3.21. The van der Waals surface area contributed by atoms with E-state index in [0.29, 0.717) is 31.6 Å². The number of rotatable bonds is 7. The van der Waals surface area contributed by atoms with E-state index in [2.05, 4.69) is 4.72 Å². The molecule has 0 unspecified atom stereocenters. The molecule has 1 heterocycles. The molecular weight excluding hydrogens is 386 g/mol. The maximum atomic E-state index is 12.7. The van der Waals surface area contributed by atoms with E-state index in [-0.39, 0.29) is 28.7 Å². The van der Waals surface area contributed by atoms with E-state index in [1.807, 2.05) is 0 Å². The Morgan fingerprint density at radius 1 is 1.12 bits per heavy atom. The first-order valence-electron chi connectivity index (χ1n) is 8.09. The van der Waals surface area contributed by atoms with Gasteiger partial charge in [0.15, 0.2) is 0 Å². The topological polar surface area (TPSA) is 110 Å². The van der Waals surface area contributed by atoms with Gasteiger partial charge in [0.1, 0.15) is 0 Å².